The maximum absolute atomic E-state index is 12.3. The maximum atomic E-state index is 12.3. The van der Waals surface area contributed by atoms with Crippen LogP contribution >= 0.6 is 0 Å². The van der Waals surface area contributed by atoms with Crippen molar-refractivity contribution >= 4 is 5.91 Å². The lowest BCUT2D eigenvalue weighted by atomic mass is 9.95. The van der Waals surface area contributed by atoms with E-state index in [9.17, 15) is 4.79 Å². The molecule has 1 aliphatic carbocycles. The Labute approximate surface area is 133 Å². The number of carbonyl (C=O) groups is 1. The van der Waals surface area contributed by atoms with Gasteiger partial charge in [0, 0.05) is 12.6 Å². The molecule has 0 spiro atoms. The summed E-state index contributed by atoms with van der Waals surface area (Å²) in [6, 6.07) is 10.0. The van der Waals surface area contributed by atoms with Crippen molar-refractivity contribution in [3.05, 3.63) is 30.3 Å². The van der Waals surface area contributed by atoms with Crippen LogP contribution in [0, 0.1) is 0 Å². The first-order valence-corrected chi connectivity index (χ1v) is 8.35. The topological polar surface area (TPSA) is 41.6 Å². The summed E-state index contributed by atoms with van der Waals surface area (Å²) in [6.07, 6.45) is 6.03. The molecule has 1 N–H and O–H groups in total. The van der Waals surface area contributed by atoms with Crippen LogP contribution in [-0.2, 0) is 4.79 Å². The van der Waals surface area contributed by atoms with E-state index >= 15 is 0 Å². The van der Waals surface area contributed by atoms with Gasteiger partial charge in [-0.1, -0.05) is 37.5 Å². The first kappa shape index (κ1) is 16.8. The largest absolute Gasteiger partial charge is 0.492 e. The molecule has 0 radical (unpaired) electrons. The van der Waals surface area contributed by atoms with Crippen LogP contribution in [0.3, 0.4) is 0 Å². The van der Waals surface area contributed by atoms with Crippen LogP contribution in [-0.4, -0.2) is 43.1 Å². The second-order valence-corrected chi connectivity index (χ2v) is 6.16. The minimum Gasteiger partial charge on any atom is -0.492 e. The summed E-state index contributed by atoms with van der Waals surface area (Å²) < 4.78 is 5.68. The molecule has 122 valence electrons. The first-order chi connectivity index (χ1) is 10.7. The van der Waals surface area contributed by atoms with Gasteiger partial charge >= 0.3 is 0 Å². The molecule has 0 bridgehead atoms. The highest BCUT2D eigenvalue weighted by Crippen LogP contribution is 2.17. The SMILES string of the molecule is CC(C(=O)NC1CCCCC1)N(C)CCOc1ccccc1. The predicted octanol–water partition coefficient (Wildman–Crippen LogP) is 2.83. The molecule has 1 amide bonds. The van der Waals surface area contributed by atoms with E-state index in [0.29, 0.717) is 12.6 Å². The number of hydrogen-bond acceptors (Lipinski definition) is 3. The van der Waals surface area contributed by atoms with Crippen molar-refractivity contribution in [2.75, 3.05) is 20.2 Å². The van der Waals surface area contributed by atoms with Crippen molar-refractivity contribution in [3.8, 4) is 5.75 Å². The number of nitrogens with one attached hydrogen (secondary N) is 1. The van der Waals surface area contributed by atoms with Gasteiger partial charge < -0.3 is 10.1 Å². The van der Waals surface area contributed by atoms with Gasteiger partial charge in [0.2, 0.25) is 5.91 Å². The zero-order chi connectivity index (χ0) is 15.8. The number of likely N-dealkylation sites (N-methyl/N-ethyl adjacent to an activating group) is 1. The fraction of sp³-hybridized carbons (Fsp3) is 0.611. The molecule has 22 heavy (non-hydrogen) atoms. The van der Waals surface area contributed by atoms with Gasteiger partial charge in [0.15, 0.2) is 0 Å². The highest BCUT2D eigenvalue weighted by molar-refractivity contribution is 5.81. The average Bonchev–Trinajstić information content (AvgIpc) is 2.56. The lowest BCUT2D eigenvalue weighted by molar-refractivity contribution is -0.126. The van der Waals surface area contributed by atoms with Gasteiger partial charge in [-0.25, -0.2) is 0 Å². The molecule has 0 aliphatic heterocycles. The van der Waals surface area contributed by atoms with Gasteiger partial charge in [0.25, 0.3) is 0 Å². The lowest BCUT2D eigenvalue weighted by Crippen LogP contribution is -2.48. The van der Waals surface area contributed by atoms with E-state index in [1.165, 1.54) is 19.3 Å². The molecule has 2 rings (SSSR count). The third kappa shape index (κ3) is 5.34. The third-order valence-corrected chi connectivity index (χ3v) is 4.45. The van der Waals surface area contributed by atoms with Crippen LogP contribution in [0.5, 0.6) is 5.75 Å². The van der Waals surface area contributed by atoms with Crippen molar-refractivity contribution in [2.24, 2.45) is 0 Å². The molecular weight excluding hydrogens is 276 g/mol. The molecule has 4 nitrogen and oxygen atoms in total. The number of nitrogens with zero attached hydrogens (tertiary/aromatic N) is 1. The Bertz CT molecular complexity index is 444. The summed E-state index contributed by atoms with van der Waals surface area (Å²) in [6.45, 7) is 3.27. The number of amides is 1. The lowest BCUT2D eigenvalue weighted by Gasteiger charge is -2.28. The number of ether oxygens (including phenoxy) is 1. The summed E-state index contributed by atoms with van der Waals surface area (Å²) in [5, 5.41) is 3.19. The third-order valence-electron chi connectivity index (χ3n) is 4.45. The summed E-state index contributed by atoms with van der Waals surface area (Å²) in [4.78, 5) is 14.3. The summed E-state index contributed by atoms with van der Waals surface area (Å²) >= 11 is 0. The standard InChI is InChI=1S/C18H28N2O2/c1-15(18(21)19-16-9-5-3-6-10-16)20(2)13-14-22-17-11-7-4-8-12-17/h4,7-8,11-12,15-16H,3,5-6,9-10,13-14H2,1-2H3,(H,19,21). The molecule has 1 aromatic carbocycles. The van der Waals surface area contributed by atoms with Crippen LogP contribution in [0.15, 0.2) is 30.3 Å². The Balaban J connectivity index is 1.69. The Morgan fingerprint density at radius 3 is 2.64 bits per heavy atom. The molecule has 4 heteroatoms. The number of benzene rings is 1. The normalized spacial score (nSPS) is 17.2. The zero-order valence-electron chi connectivity index (χ0n) is 13.8. The fourth-order valence-electron chi connectivity index (χ4n) is 2.79. The van der Waals surface area contributed by atoms with E-state index in [1.54, 1.807) is 0 Å². The average molecular weight is 304 g/mol. The Hall–Kier alpha value is -1.55. The van der Waals surface area contributed by atoms with Gasteiger partial charge in [0.1, 0.15) is 12.4 Å². The van der Waals surface area contributed by atoms with Gasteiger partial charge in [-0.3, -0.25) is 9.69 Å². The van der Waals surface area contributed by atoms with Gasteiger partial charge in [-0.05, 0) is 38.9 Å². The maximum Gasteiger partial charge on any atom is 0.237 e. The Kier molecular flexibility index (Phi) is 6.72. The predicted molar refractivity (Wildman–Crippen MR) is 89.0 cm³/mol. The minimum absolute atomic E-state index is 0.124. The number of para-hydroxylation sites is 1. The van der Waals surface area contributed by atoms with Crippen LogP contribution in [0.2, 0.25) is 0 Å². The highest BCUT2D eigenvalue weighted by atomic mass is 16.5. The summed E-state index contributed by atoms with van der Waals surface area (Å²) in [7, 11) is 1.97. The molecular formula is C18H28N2O2. The van der Waals surface area contributed by atoms with Crippen molar-refractivity contribution in [1.82, 2.24) is 10.2 Å². The van der Waals surface area contributed by atoms with Crippen molar-refractivity contribution in [2.45, 2.75) is 51.1 Å². The molecule has 1 atom stereocenters. The molecule has 1 fully saturated rings. The quantitative estimate of drug-likeness (QED) is 0.842. The first-order valence-electron chi connectivity index (χ1n) is 8.35. The van der Waals surface area contributed by atoms with E-state index in [1.807, 2.05) is 49.2 Å². The molecule has 1 aliphatic rings. The second kappa shape index (κ2) is 8.79. The molecule has 0 heterocycles. The van der Waals surface area contributed by atoms with Gasteiger partial charge in [0.05, 0.1) is 6.04 Å². The van der Waals surface area contributed by atoms with E-state index in [4.69, 9.17) is 4.74 Å². The second-order valence-electron chi connectivity index (χ2n) is 6.16. The Morgan fingerprint density at radius 1 is 1.27 bits per heavy atom. The molecule has 1 unspecified atom stereocenters. The van der Waals surface area contributed by atoms with Gasteiger partial charge in [-0.2, -0.15) is 0 Å². The molecule has 1 saturated carbocycles. The Morgan fingerprint density at radius 2 is 1.95 bits per heavy atom. The van der Waals surface area contributed by atoms with E-state index in [2.05, 4.69) is 5.32 Å². The minimum atomic E-state index is -0.124. The number of carbonyl (C=O) groups excluding carboxylic acids is 1. The van der Waals surface area contributed by atoms with Gasteiger partial charge in [-0.15, -0.1) is 0 Å². The highest BCUT2D eigenvalue weighted by Gasteiger charge is 2.22. The van der Waals surface area contributed by atoms with Crippen LogP contribution in [0.25, 0.3) is 0 Å². The van der Waals surface area contributed by atoms with Crippen LogP contribution in [0.4, 0.5) is 0 Å². The van der Waals surface area contributed by atoms with E-state index in [-0.39, 0.29) is 11.9 Å². The van der Waals surface area contributed by atoms with E-state index in [0.717, 1.165) is 25.1 Å². The van der Waals surface area contributed by atoms with Crippen molar-refractivity contribution < 1.29 is 9.53 Å². The monoisotopic (exact) mass is 304 g/mol. The van der Waals surface area contributed by atoms with E-state index < -0.39 is 0 Å². The molecule has 0 saturated heterocycles. The number of hydrogen-bond donors (Lipinski definition) is 1. The molecule has 1 aromatic rings. The zero-order valence-corrected chi connectivity index (χ0v) is 13.8. The summed E-state index contributed by atoms with van der Waals surface area (Å²) in [5.74, 6) is 1.00. The smallest absolute Gasteiger partial charge is 0.237 e. The van der Waals surface area contributed by atoms with Crippen molar-refractivity contribution in [3.63, 3.8) is 0 Å². The summed E-state index contributed by atoms with van der Waals surface area (Å²) in [5.41, 5.74) is 0. The number of rotatable bonds is 7. The fourth-order valence-corrected chi connectivity index (χ4v) is 2.79. The molecule has 0 aromatic heterocycles. The van der Waals surface area contributed by atoms with Crippen molar-refractivity contribution in [1.29, 1.82) is 0 Å². The van der Waals surface area contributed by atoms with Crippen LogP contribution in [0.1, 0.15) is 39.0 Å². The van der Waals surface area contributed by atoms with Crippen LogP contribution < -0.4 is 10.1 Å².